The first-order chi connectivity index (χ1) is 17.1. The molecule has 12 heteroatoms. The number of aromatic nitrogens is 4. The molecule has 1 fully saturated rings. The van der Waals surface area contributed by atoms with Gasteiger partial charge >= 0.3 is 12.1 Å². The predicted octanol–water partition coefficient (Wildman–Crippen LogP) is 4.05. The molecule has 0 aliphatic heterocycles. The van der Waals surface area contributed by atoms with Crippen molar-refractivity contribution in [2.45, 2.75) is 43.7 Å². The van der Waals surface area contributed by atoms with Gasteiger partial charge in [0.2, 0.25) is 0 Å². The van der Waals surface area contributed by atoms with Crippen molar-refractivity contribution in [2.75, 3.05) is 5.32 Å². The van der Waals surface area contributed by atoms with E-state index in [1.807, 2.05) is 22.9 Å². The van der Waals surface area contributed by atoms with Gasteiger partial charge in [0.05, 0.1) is 22.7 Å². The highest BCUT2D eigenvalue weighted by Gasteiger charge is 2.42. The molecular formula is C24H21ClF3N5O3. The number of fused-ring (bicyclic) bond motifs is 2. The van der Waals surface area contributed by atoms with E-state index in [-0.39, 0.29) is 22.8 Å². The van der Waals surface area contributed by atoms with Gasteiger partial charge in [0.1, 0.15) is 11.6 Å². The Labute approximate surface area is 207 Å². The van der Waals surface area contributed by atoms with Gasteiger partial charge in [-0.1, -0.05) is 23.7 Å². The monoisotopic (exact) mass is 519 g/mol. The standard InChI is InChI=1S/C24H21ClF3N5O3/c25-15-10-13-3-1-12(9-17(13)31-21(15)32-23(36)24(26,27)28)2-4-14-11-18(20(35)19(14)34)33-8-5-16-22(33)30-7-6-29-16/h1,3,5-10,14,18-20,34-35H,2,4,11H2,(H,31,32,36)/t14-,18?,19+,20-/m0/s1. The van der Waals surface area contributed by atoms with E-state index >= 15 is 0 Å². The van der Waals surface area contributed by atoms with Crippen LogP contribution >= 0.6 is 11.6 Å². The van der Waals surface area contributed by atoms with Crippen LogP contribution in [-0.4, -0.2) is 54.0 Å². The minimum Gasteiger partial charge on any atom is -0.390 e. The highest BCUT2D eigenvalue weighted by Crippen LogP contribution is 2.39. The largest absolute Gasteiger partial charge is 0.471 e. The summed E-state index contributed by atoms with van der Waals surface area (Å²) >= 11 is 6.00. The van der Waals surface area contributed by atoms with Crippen molar-refractivity contribution in [1.29, 1.82) is 0 Å². The molecule has 4 aromatic rings. The summed E-state index contributed by atoms with van der Waals surface area (Å²) in [5, 5.41) is 23.6. The summed E-state index contributed by atoms with van der Waals surface area (Å²) in [6.45, 7) is 0. The Balaban J connectivity index is 1.31. The Morgan fingerprint density at radius 3 is 2.67 bits per heavy atom. The number of aliphatic hydroxyl groups excluding tert-OH is 2. The number of alkyl halides is 3. The van der Waals surface area contributed by atoms with Gasteiger partial charge in [0, 0.05) is 24.0 Å². The summed E-state index contributed by atoms with van der Waals surface area (Å²) in [6, 6.07) is 8.20. The number of nitrogens with one attached hydrogen (secondary N) is 1. The van der Waals surface area contributed by atoms with E-state index in [0.29, 0.717) is 41.3 Å². The van der Waals surface area contributed by atoms with Crippen molar-refractivity contribution in [3.63, 3.8) is 0 Å². The summed E-state index contributed by atoms with van der Waals surface area (Å²) in [7, 11) is 0. The molecule has 0 radical (unpaired) electrons. The second kappa shape index (κ2) is 9.30. The number of carbonyl (C=O) groups excluding carboxylic acids is 1. The molecule has 1 aromatic carbocycles. The number of aryl methyl sites for hydroxylation is 1. The van der Waals surface area contributed by atoms with Crippen LogP contribution in [0.1, 0.15) is 24.4 Å². The second-order valence-corrected chi connectivity index (χ2v) is 9.28. The number of amides is 1. The van der Waals surface area contributed by atoms with Crippen LogP contribution in [0.4, 0.5) is 19.0 Å². The topological polar surface area (TPSA) is 113 Å². The second-order valence-electron chi connectivity index (χ2n) is 8.87. The van der Waals surface area contributed by atoms with E-state index in [2.05, 4.69) is 15.0 Å². The van der Waals surface area contributed by atoms with Crippen LogP contribution in [0.2, 0.25) is 5.02 Å². The predicted molar refractivity (Wildman–Crippen MR) is 126 cm³/mol. The van der Waals surface area contributed by atoms with Crippen molar-refractivity contribution in [1.82, 2.24) is 19.5 Å². The Hall–Kier alpha value is -3.28. The summed E-state index contributed by atoms with van der Waals surface area (Å²) in [4.78, 5) is 24.0. The number of anilines is 1. The number of hydrogen-bond acceptors (Lipinski definition) is 6. The van der Waals surface area contributed by atoms with E-state index in [1.165, 1.54) is 6.07 Å². The third-order valence-corrected chi connectivity index (χ3v) is 6.89. The van der Waals surface area contributed by atoms with Gasteiger partial charge < -0.3 is 20.1 Å². The Bertz CT molecular complexity index is 1440. The molecule has 1 saturated carbocycles. The molecule has 5 rings (SSSR count). The van der Waals surface area contributed by atoms with E-state index in [9.17, 15) is 28.2 Å². The van der Waals surface area contributed by atoms with Crippen LogP contribution < -0.4 is 5.32 Å². The molecular weight excluding hydrogens is 499 g/mol. The Morgan fingerprint density at radius 1 is 1.11 bits per heavy atom. The lowest BCUT2D eigenvalue weighted by atomic mass is 9.95. The van der Waals surface area contributed by atoms with Gasteiger partial charge in [-0.3, -0.25) is 9.78 Å². The van der Waals surface area contributed by atoms with Crippen molar-refractivity contribution in [3.8, 4) is 0 Å². The first-order valence-electron chi connectivity index (χ1n) is 11.2. The van der Waals surface area contributed by atoms with E-state index in [1.54, 1.807) is 29.8 Å². The third kappa shape index (κ3) is 4.61. The maximum absolute atomic E-state index is 12.6. The fourth-order valence-electron chi connectivity index (χ4n) is 4.77. The Kier molecular flexibility index (Phi) is 6.31. The van der Waals surface area contributed by atoms with Crippen LogP contribution in [0.5, 0.6) is 0 Å². The third-order valence-electron chi connectivity index (χ3n) is 6.60. The average Bonchev–Trinajstić information content (AvgIpc) is 3.38. The number of aliphatic hydroxyl groups is 2. The summed E-state index contributed by atoms with van der Waals surface area (Å²) < 4.78 is 39.7. The lowest BCUT2D eigenvalue weighted by Crippen LogP contribution is -2.30. The quantitative estimate of drug-likeness (QED) is 0.367. The molecule has 0 spiro atoms. The molecule has 3 aromatic heterocycles. The van der Waals surface area contributed by atoms with Gasteiger partial charge in [-0.25, -0.2) is 9.97 Å². The number of rotatable bonds is 5. The zero-order valence-corrected chi connectivity index (χ0v) is 19.4. The number of hydrogen-bond donors (Lipinski definition) is 3. The van der Waals surface area contributed by atoms with E-state index < -0.39 is 24.3 Å². The van der Waals surface area contributed by atoms with E-state index in [4.69, 9.17) is 11.6 Å². The SMILES string of the molecule is O=C(Nc1nc2cc(CC[C@H]3CC(n4ccc5nccnc54)[C@H](O)[C@@H]3O)ccc2cc1Cl)C(F)(F)F. The molecule has 4 atom stereocenters. The van der Waals surface area contributed by atoms with Crippen LogP contribution in [-0.2, 0) is 11.2 Å². The summed E-state index contributed by atoms with van der Waals surface area (Å²) in [6.07, 6.45) is -0.330. The number of nitrogens with zero attached hydrogens (tertiary/aromatic N) is 4. The highest BCUT2D eigenvalue weighted by atomic mass is 35.5. The van der Waals surface area contributed by atoms with Gasteiger partial charge in [-0.15, -0.1) is 0 Å². The number of halogens is 4. The molecule has 8 nitrogen and oxygen atoms in total. The van der Waals surface area contributed by atoms with Crippen LogP contribution in [0.25, 0.3) is 22.1 Å². The minimum absolute atomic E-state index is 0.107. The summed E-state index contributed by atoms with van der Waals surface area (Å²) in [5.74, 6) is -2.71. The maximum Gasteiger partial charge on any atom is 0.471 e. The van der Waals surface area contributed by atoms with Crippen LogP contribution in [0, 0.1) is 5.92 Å². The fraction of sp³-hybridized carbons (Fsp3) is 0.333. The first kappa shape index (κ1) is 24.4. The maximum atomic E-state index is 12.6. The number of benzene rings is 1. The van der Waals surface area contributed by atoms with Gasteiger partial charge in [0.15, 0.2) is 11.5 Å². The van der Waals surface area contributed by atoms with Crippen molar-refractivity contribution in [3.05, 3.63) is 59.5 Å². The lowest BCUT2D eigenvalue weighted by Gasteiger charge is -2.18. The fourth-order valence-corrected chi connectivity index (χ4v) is 4.98. The van der Waals surface area contributed by atoms with E-state index in [0.717, 1.165) is 5.56 Å². The summed E-state index contributed by atoms with van der Waals surface area (Å²) in [5.41, 5.74) is 2.56. The number of pyridine rings is 1. The molecule has 36 heavy (non-hydrogen) atoms. The Morgan fingerprint density at radius 2 is 1.89 bits per heavy atom. The molecule has 1 aliphatic rings. The molecule has 1 aliphatic carbocycles. The van der Waals surface area contributed by atoms with Gasteiger partial charge in [-0.05, 0) is 48.9 Å². The van der Waals surface area contributed by atoms with Gasteiger partial charge in [0.25, 0.3) is 0 Å². The molecule has 3 heterocycles. The molecule has 3 N–H and O–H groups in total. The minimum atomic E-state index is -5.06. The van der Waals surface area contributed by atoms with Crippen molar-refractivity contribution in [2.24, 2.45) is 5.92 Å². The van der Waals surface area contributed by atoms with Crippen molar-refractivity contribution < 1.29 is 28.2 Å². The number of carbonyl (C=O) groups is 1. The van der Waals surface area contributed by atoms with Crippen molar-refractivity contribution >= 4 is 45.4 Å². The normalized spacial score (nSPS) is 22.4. The smallest absolute Gasteiger partial charge is 0.390 e. The molecule has 0 bridgehead atoms. The molecule has 0 saturated heterocycles. The zero-order valence-electron chi connectivity index (χ0n) is 18.7. The highest BCUT2D eigenvalue weighted by molar-refractivity contribution is 6.34. The van der Waals surface area contributed by atoms with Gasteiger partial charge in [-0.2, -0.15) is 13.2 Å². The molecule has 1 amide bonds. The van der Waals surface area contributed by atoms with Crippen LogP contribution in [0.15, 0.2) is 48.9 Å². The lowest BCUT2D eigenvalue weighted by molar-refractivity contribution is -0.167. The zero-order chi connectivity index (χ0) is 25.6. The molecule has 188 valence electrons. The first-order valence-corrected chi connectivity index (χ1v) is 11.6. The molecule has 1 unspecified atom stereocenters. The van der Waals surface area contributed by atoms with Crippen LogP contribution in [0.3, 0.4) is 0 Å². The average molecular weight is 520 g/mol.